The second-order valence-electron chi connectivity index (χ2n) is 11.4. The van der Waals surface area contributed by atoms with Gasteiger partial charge in [-0.05, 0) is 57.8 Å². The number of fused-ring (bicyclic) bond motifs is 4. The summed E-state index contributed by atoms with van der Waals surface area (Å²) in [5, 5.41) is -7.87. The standard InChI is InChI=1S/C30H16F17NO2S/c31-23(32)25(35,36)26(37,38)24(33,34)22(19-12-14-6-2-4-8-18(14)48-19)21-17-11-13-5-1-3-7-15(13)16(17)9-10-20(21)51(49,50)30(46,47)28(41,42)27(39,40)29(43,44)45/h1-10,12,22-23,48H,11H2. The van der Waals surface area contributed by atoms with Crippen LogP contribution < -0.4 is 0 Å². The molecule has 3 aromatic carbocycles. The maximum atomic E-state index is 16.3. The second-order valence-corrected chi connectivity index (χ2v) is 13.3. The van der Waals surface area contributed by atoms with E-state index in [-0.39, 0.29) is 28.1 Å². The average Bonchev–Trinajstić information content (AvgIpc) is 3.61. The highest BCUT2D eigenvalue weighted by atomic mass is 32.2. The molecule has 1 N–H and O–H groups in total. The van der Waals surface area contributed by atoms with Crippen LogP contribution in [0.25, 0.3) is 22.0 Å². The van der Waals surface area contributed by atoms with Crippen molar-refractivity contribution in [3.63, 3.8) is 0 Å². The number of rotatable bonds is 10. The van der Waals surface area contributed by atoms with Gasteiger partial charge in [-0.2, -0.15) is 65.9 Å². The lowest BCUT2D eigenvalue weighted by molar-refractivity contribution is -0.382. The SMILES string of the molecule is O=S(=O)(c1ccc2c(c1C(c1cc3ccccc3[nH]1)C(F)(F)C(F)(F)C(F)(F)C(F)F)Cc1ccccc1-2)C(F)(F)C(F)(F)C(F)(F)C(F)(F)F. The minimum atomic E-state index is -7.94. The molecule has 51 heavy (non-hydrogen) atoms. The maximum absolute atomic E-state index is 16.3. The molecule has 0 saturated carbocycles. The molecule has 0 fully saturated rings. The second kappa shape index (κ2) is 11.5. The molecule has 21 heteroatoms. The molecule has 4 aromatic rings. The first kappa shape index (κ1) is 38.2. The molecule has 1 aliphatic rings. The lowest BCUT2D eigenvalue weighted by atomic mass is 9.80. The van der Waals surface area contributed by atoms with Crippen LogP contribution >= 0.6 is 0 Å². The Morgan fingerprint density at radius 1 is 0.627 bits per heavy atom. The zero-order valence-corrected chi connectivity index (χ0v) is 25.2. The van der Waals surface area contributed by atoms with Gasteiger partial charge in [0, 0.05) is 11.2 Å². The fourth-order valence-corrected chi connectivity index (χ4v) is 7.28. The van der Waals surface area contributed by atoms with Gasteiger partial charge in [0.15, 0.2) is 0 Å². The lowest BCUT2D eigenvalue weighted by Crippen LogP contribution is -2.63. The highest BCUT2D eigenvalue weighted by Gasteiger charge is 2.86. The summed E-state index contributed by atoms with van der Waals surface area (Å²) in [4.78, 5) is -0.686. The highest BCUT2D eigenvalue weighted by molar-refractivity contribution is 7.92. The Balaban J connectivity index is 1.94. The van der Waals surface area contributed by atoms with Crippen LogP contribution in [0.5, 0.6) is 0 Å². The van der Waals surface area contributed by atoms with E-state index in [0.717, 1.165) is 24.3 Å². The average molecular weight is 777 g/mol. The van der Waals surface area contributed by atoms with E-state index in [1.165, 1.54) is 24.3 Å². The summed E-state index contributed by atoms with van der Waals surface area (Å²) >= 11 is 0. The summed E-state index contributed by atoms with van der Waals surface area (Å²) in [6, 6.07) is 9.81. The summed E-state index contributed by atoms with van der Waals surface area (Å²) in [5.41, 5.74) is -5.76. The van der Waals surface area contributed by atoms with Crippen LogP contribution in [0.2, 0.25) is 0 Å². The van der Waals surface area contributed by atoms with Crippen LogP contribution in [0, 0.1) is 0 Å². The number of para-hydroxylation sites is 1. The van der Waals surface area contributed by atoms with Gasteiger partial charge in [-0.3, -0.25) is 0 Å². The molecule has 0 aliphatic heterocycles. The number of alkyl halides is 17. The number of sulfone groups is 1. The van der Waals surface area contributed by atoms with Crippen molar-refractivity contribution in [2.45, 2.75) is 64.7 Å². The van der Waals surface area contributed by atoms with Crippen molar-refractivity contribution in [1.82, 2.24) is 4.98 Å². The van der Waals surface area contributed by atoms with Gasteiger partial charge >= 0.3 is 47.5 Å². The number of nitrogens with one attached hydrogen (secondary N) is 1. The fraction of sp³-hybridized carbons (Fsp3) is 0.333. The fourth-order valence-electron chi connectivity index (χ4n) is 5.76. The summed E-state index contributed by atoms with van der Waals surface area (Å²) in [7, 11) is -7.91. The Morgan fingerprint density at radius 3 is 1.76 bits per heavy atom. The van der Waals surface area contributed by atoms with Crippen molar-refractivity contribution in [3.8, 4) is 11.1 Å². The topological polar surface area (TPSA) is 49.9 Å². The number of aromatic amines is 1. The van der Waals surface area contributed by atoms with E-state index < -0.39 is 96.9 Å². The minimum Gasteiger partial charge on any atom is -0.358 e. The van der Waals surface area contributed by atoms with E-state index in [2.05, 4.69) is 0 Å². The zero-order valence-electron chi connectivity index (χ0n) is 24.4. The smallest absolute Gasteiger partial charge is 0.358 e. The molecule has 5 rings (SSSR count). The molecular weight excluding hydrogens is 761 g/mol. The number of hydrogen-bond donors (Lipinski definition) is 1. The van der Waals surface area contributed by atoms with Gasteiger partial charge < -0.3 is 4.98 Å². The van der Waals surface area contributed by atoms with Gasteiger partial charge in [0.25, 0.3) is 0 Å². The zero-order chi connectivity index (χ0) is 38.5. The van der Waals surface area contributed by atoms with Crippen molar-refractivity contribution < 1.29 is 83.1 Å². The largest absolute Gasteiger partial charge is 0.460 e. The molecule has 0 saturated heterocycles. The van der Waals surface area contributed by atoms with Crippen molar-refractivity contribution >= 4 is 20.7 Å². The van der Waals surface area contributed by atoms with Crippen LogP contribution in [0.1, 0.15) is 28.3 Å². The van der Waals surface area contributed by atoms with Crippen LogP contribution in [0.4, 0.5) is 74.6 Å². The van der Waals surface area contributed by atoms with Gasteiger partial charge in [-0.1, -0.05) is 48.5 Å². The van der Waals surface area contributed by atoms with Crippen LogP contribution in [0.15, 0.2) is 71.6 Å². The number of H-pyrrole nitrogens is 1. The first-order valence-corrected chi connectivity index (χ1v) is 15.3. The van der Waals surface area contributed by atoms with Gasteiger partial charge in [0.1, 0.15) is 0 Å². The molecule has 1 aromatic heterocycles. The summed E-state index contributed by atoms with van der Waals surface area (Å²) in [5.74, 6) is -40.9. The molecule has 1 aliphatic carbocycles. The Hall–Kier alpha value is -4.04. The molecule has 1 unspecified atom stereocenters. The quantitative estimate of drug-likeness (QED) is 0.144. The van der Waals surface area contributed by atoms with E-state index in [4.69, 9.17) is 0 Å². The highest BCUT2D eigenvalue weighted by Crippen LogP contribution is 2.61. The van der Waals surface area contributed by atoms with E-state index in [9.17, 15) is 56.7 Å². The molecule has 1 heterocycles. The third kappa shape index (κ3) is 5.18. The van der Waals surface area contributed by atoms with E-state index in [1.54, 1.807) is 0 Å². The minimum absolute atomic E-state index is 0.0487. The summed E-state index contributed by atoms with van der Waals surface area (Å²) in [6.07, 6.45) is -14.1. The Morgan fingerprint density at radius 2 is 1.20 bits per heavy atom. The summed E-state index contributed by atoms with van der Waals surface area (Å²) < 4.78 is 271. The molecule has 0 spiro atoms. The maximum Gasteiger partial charge on any atom is 0.460 e. The molecular formula is C30H16F17NO2S. The molecule has 0 radical (unpaired) electrons. The van der Waals surface area contributed by atoms with Gasteiger partial charge in [-0.25, -0.2) is 17.2 Å². The van der Waals surface area contributed by atoms with Gasteiger partial charge in [-0.15, -0.1) is 0 Å². The molecule has 0 bridgehead atoms. The molecule has 278 valence electrons. The van der Waals surface area contributed by atoms with E-state index >= 15 is 26.3 Å². The first-order chi connectivity index (χ1) is 23.1. The number of aromatic nitrogens is 1. The number of hydrogen-bond acceptors (Lipinski definition) is 2. The first-order valence-electron chi connectivity index (χ1n) is 13.8. The molecule has 0 amide bonds. The van der Waals surface area contributed by atoms with Crippen molar-refractivity contribution in [1.29, 1.82) is 0 Å². The summed E-state index contributed by atoms with van der Waals surface area (Å²) in [6.45, 7) is 0. The normalized spacial score (nSPS) is 15.7. The van der Waals surface area contributed by atoms with E-state index in [0.29, 0.717) is 12.1 Å². The lowest BCUT2D eigenvalue weighted by Gasteiger charge is -2.38. The Labute approximate surface area is 274 Å². The predicted molar refractivity (Wildman–Crippen MR) is 144 cm³/mol. The van der Waals surface area contributed by atoms with Gasteiger partial charge in [0.2, 0.25) is 9.84 Å². The monoisotopic (exact) mass is 777 g/mol. The van der Waals surface area contributed by atoms with Gasteiger partial charge in [0.05, 0.1) is 10.8 Å². The van der Waals surface area contributed by atoms with Crippen molar-refractivity contribution in [2.24, 2.45) is 0 Å². The Kier molecular flexibility index (Phi) is 8.60. The predicted octanol–water partition coefficient (Wildman–Crippen LogP) is 10.2. The number of benzene rings is 3. The number of halogens is 17. The third-order valence-corrected chi connectivity index (χ3v) is 10.2. The molecule has 3 nitrogen and oxygen atoms in total. The van der Waals surface area contributed by atoms with Crippen molar-refractivity contribution in [3.05, 3.63) is 89.1 Å². The van der Waals surface area contributed by atoms with Crippen LogP contribution in [0.3, 0.4) is 0 Å². The van der Waals surface area contributed by atoms with Crippen LogP contribution in [-0.2, 0) is 16.3 Å². The van der Waals surface area contributed by atoms with Crippen LogP contribution in [-0.4, -0.2) is 60.9 Å². The Bertz CT molecular complexity index is 2070. The van der Waals surface area contributed by atoms with Crippen molar-refractivity contribution in [2.75, 3.05) is 0 Å². The molecule has 1 atom stereocenters. The van der Waals surface area contributed by atoms with E-state index in [1.807, 2.05) is 4.98 Å². The third-order valence-electron chi connectivity index (χ3n) is 8.36.